The summed E-state index contributed by atoms with van der Waals surface area (Å²) in [7, 11) is 0. The lowest BCUT2D eigenvalue weighted by atomic mass is 10.2. The number of rotatable bonds is 0. The van der Waals surface area contributed by atoms with E-state index < -0.39 is 17.9 Å². The monoisotopic (exact) mass is 234 g/mol. The third-order valence-electron chi connectivity index (χ3n) is 0.897. The standard InChI is InChI=1S/C5H8O3.C4H8.CH2O3/c1-5(2)3-7-4(6)8-5;1-4(2)3;2-1(3)4/h3H2,1-2H3;1H2,2-3H3;(H2,2,3,4). The Bertz CT molecular complexity index is 236. The molecule has 1 fully saturated rings. The first-order valence-electron chi connectivity index (χ1n) is 4.46. The van der Waals surface area contributed by atoms with Gasteiger partial charge in [-0.2, -0.15) is 0 Å². The van der Waals surface area contributed by atoms with Crippen molar-refractivity contribution in [3.63, 3.8) is 0 Å². The fourth-order valence-corrected chi connectivity index (χ4v) is 0.517. The Morgan fingerprint density at radius 1 is 1.38 bits per heavy atom. The van der Waals surface area contributed by atoms with Crippen LogP contribution >= 0.6 is 0 Å². The second-order valence-corrected chi connectivity index (χ2v) is 3.89. The normalized spacial score (nSPS) is 15.4. The Hall–Kier alpha value is -1.72. The van der Waals surface area contributed by atoms with E-state index in [0.717, 1.165) is 0 Å². The molecule has 0 aromatic carbocycles. The Balaban J connectivity index is 0. The van der Waals surface area contributed by atoms with Gasteiger partial charge in [0.2, 0.25) is 0 Å². The van der Waals surface area contributed by atoms with Gasteiger partial charge in [0.15, 0.2) is 0 Å². The zero-order chi connectivity index (χ0) is 13.4. The minimum atomic E-state index is -1.83. The van der Waals surface area contributed by atoms with Crippen LogP contribution in [-0.4, -0.2) is 34.7 Å². The number of cyclic esters (lactones) is 2. The molecule has 0 radical (unpaired) electrons. The van der Waals surface area contributed by atoms with Gasteiger partial charge in [-0.15, -0.1) is 6.58 Å². The molecule has 6 heteroatoms. The van der Waals surface area contributed by atoms with Crippen molar-refractivity contribution in [2.45, 2.75) is 33.3 Å². The van der Waals surface area contributed by atoms with E-state index in [-0.39, 0.29) is 0 Å². The maximum absolute atomic E-state index is 10.2. The molecule has 1 rings (SSSR count). The molecular weight excluding hydrogens is 216 g/mol. The second kappa shape index (κ2) is 7.56. The lowest BCUT2D eigenvalue weighted by Crippen LogP contribution is -2.21. The van der Waals surface area contributed by atoms with Crippen LogP contribution in [0.15, 0.2) is 12.2 Å². The van der Waals surface area contributed by atoms with Crippen LogP contribution in [0.3, 0.4) is 0 Å². The smallest absolute Gasteiger partial charge is 0.450 e. The van der Waals surface area contributed by atoms with Crippen LogP contribution in [0.4, 0.5) is 9.59 Å². The third kappa shape index (κ3) is 18.1. The minimum absolute atomic E-state index is 0.367. The zero-order valence-corrected chi connectivity index (χ0v) is 9.94. The summed E-state index contributed by atoms with van der Waals surface area (Å²) in [6.45, 7) is 11.5. The number of hydrogen-bond donors (Lipinski definition) is 2. The van der Waals surface area contributed by atoms with Gasteiger partial charge in [0.25, 0.3) is 0 Å². The fourth-order valence-electron chi connectivity index (χ4n) is 0.517. The predicted molar refractivity (Wildman–Crippen MR) is 57.7 cm³/mol. The van der Waals surface area contributed by atoms with Crippen molar-refractivity contribution in [1.29, 1.82) is 0 Å². The highest BCUT2D eigenvalue weighted by molar-refractivity contribution is 5.62. The van der Waals surface area contributed by atoms with Gasteiger partial charge < -0.3 is 19.7 Å². The Labute approximate surface area is 94.5 Å². The average molecular weight is 234 g/mol. The van der Waals surface area contributed by atoms with Crippen molar-refractivity contribution in [3.8, 4) is 0 Å². The number of ether oxygens (including phenoxy) is 2. The van der Waals surface area contributed by atoms with Crippen molar-refractivity contribution in [2.24, 2.45) is 0 Å². The van der Waals surface area contributed by atoms with E-state index >= 15 is 0 Å². The second-order valence-electron chi connectivity index (χ2n) is 3.89. The summed E-state index contributed by atoms with van der Waals surface area (Å²) in [6, 6.07) is 0. The van der Waals surface area contributed by atoms with Crippen LogP contribution in [0, 0.1) is 0 Å². The van der Waals surface area contributed by atoms with Gasteiger partial charge in [-0.05, 0) is 27.7 Å². The van der Waals surface area contributed by atoms with Crippen LogP contribution < -0.4 is 0 Å². The van der Waals surface area contributed by atoms with E-state index in [1.54, 1.807) is 13.8 Å². The third-order valence-corrected chi connectivity index (χ3v) is 0.897. The van der Waals surface area contributed by atoms with E-state index in [2.05, 4.69) is 16.1 Å². The molecule has 0 amide bonds. The van der Waals surface area contributed by atoms with E-state index in [0.29, 0.717) is 6.61 Å². The fraction of sp³-hybridized carbons (Fsp3) is 0.600. The van der Waals surface area contributed by atoms with E-state index in [1.807, 2.05) is 13.8 Å². The van der Waals surface area contributed by atoms with E-state index in [4.69, 9.17) is 15.0 Å². The highest BCUT2D eigenvalue weighted by Gasteiger charge is 2.32. The van der Waals surface area contributed by atoms with Crippen LogP contribution in [0.1, 0.15) is 27.7 Å². The number of carbonyl (C=O) groups is 2. The molecule has 6 nitrogen and oxygen atoms in total. The molecule has 1 aliphatic heterocycles. The Morgan fingerprint density at radius 3 is 1.75 bits per heavy atom. The van der Waals surface area contributed by atoms with Crippen molar-refractivity contribution in [2.75, 3.05) is 6.61 Å². The topological polar surface area (TPSA) is 93.1 Å². The maximum Gasteiger partial charge on any atom is 0.509 e. The number of carboxylic acid groups (broad SMARTS) is 2. The first-order valence-corrected chi connectivity index (χ1v) is 4.46. The Kier molecular flexibility index (Phi) is 7.89. The van der Waals surface area contributed by atoms with Gasteiger partial charge in [-0.25, -0.2) is 9.59 Å². The number of allylic oxidation sites excluding steroid dienone is 1. The van der Waals surface area contributed by atoms with Crippen molar-refractivity contribution in [3.05, 3.63) is 12.2 Å². The molecule has 0 bridgehead atoms. The summed E-state index contributed by atoms with van der Waals surface area (Å²) in [5.41, 5.74) is 0.761. The lowest BCUT2D eigenvalue weighted by Gasteiger charge is -2.09. The highest BCUT2D eigenvalue weighted by Crippen LogP contribution is 2.17. The van der Waals surface area contributed by atoms with Gasteiger partial charge in [0, 0.05) is 0 Å². The van der Waals surface area contributed by atoms with Crippen molar-refractivity contribution in [1.82, 2.24) is 0 Å². The SMILES string of the molecule is C=C(C)C.CC1(C)COC(=O)O1.O=C(O)O. The van der Waals surface area contributed by atoms with Gasteiger partial charge >= 0.3 is 12.3 Å². The summed E-state index contributed by atoms with van der Waals surface area (Å²) in [6.07, 6.45) is -2.39. The molecule has 0 atom stereocenters. The van der Waals surface area contributed by atoms with Crippen LogP contribution in [-0.2, 0) is 9.47 Å². The molecule has 0 aromatic rings. The number of carbonyl (C=O) groups excluding carboxylic acids is 1. The average Bonchev–Trinajstić information content (AvgIpc) is 2.25. The Morgan fingerprint density at radius 2 is 1.69 bits per heavy atom. The zero-order valence-electron chi connectivity index (χ0n) is 9.94. The molecule has 2 N–H and O–H groups in total. The van der Waals surface area contributed by atoms with Crippen molar-refractivity contribution < 1.29 is 29.3 Å². The summed E-state index contributed by atoms with van der Waals surface area (Å²) in [5, 5.41) is 13.9. The minimum Gasteiger partial charge on any atom is -0.450 e. The van der Waals surface area contributed by atoms with Gasteiger partial charge in [0.05, 0.1) is 0 Å². The van der Waals surface area contributed by atoms with Gasteiger partial charge in [-0.1, -0.05) is 5.57 Å². The molecule has 0 spiro atoms. The summed E-state index contributed by atoms with van der Waals surface area (Å²) in [4.78, 5) is 18.8. The molecule has 0 aromatic heterocycles. The summed E-state index contributed by atoms with van der Waals surface area (Å²) >= 11 is 0. The van der Waals surface area contributed by atoms with Gasteiger partial charge in [0.1, 0.15) is 12.2 Å². The lowest BCUT2D eigenvalue weighted by molar-refractivity contribution is 0.0838. The molecule has 94 valence electrons. The van der Waals surface area contributed by atoms with Crippen LogP contribution in [0.25, 0.3) is 0 Å². The molecular formula is C10H18O6. The van der Waals surface area contributed by atoms with Gasteiger partial charge in [-0.3, -0.25) is 0 Å². The molecule has 0 saturated carbocycles. The first kappa shape index (κ1) is 16.7. The van der Waals surface area contributed by atoms with Crippen LogP contribution in [0.2, 0.25) is 0 Å². The molecule has 1 aliphatic rings. The number of hydrogen-bond acceptors (Lipinski definition) is 4. The largest absolute Gasteiger partial charge is 0.509 e. The predicted octanol–water partition coefficient (Wildman–Crippen LogP) is 2.74. The quantitative estimate of drug-likeness (QED) is 0.494. The first-order chi connectivity index (χ1) is 7.07. The van der Waals surface area contributed by atoms with Crippen molar-refractivity contribution >= 4 is 12.3 Å². The van der Waals surface area contributed by atoms with E-state index in [9.17, 15) is 4.79 Å². The molecule has 0 unspecified atom stereocenters. The maximum atomic E-state index is 10.2. The molecule has 16 heavy (non-hydrogen) atoms. The van der Waals surface area contributed by atoms with E-state index in [1.165, 1.54) is 5.57 Å². The molecule has 1 heterocycles. The van der Waals surface area contributed by atoms with Crippen LogP contribution in [0.5, 0.6) is 0 Å². The summed E-state index contributed by atoms with van der Waals surface area (Å²) < 4.78 is 9.19. The molecule has 0 aliphatic carbocycles. The highest BCUT2D eigenvalue weighted by atomic mass is 16.8. The molecule has 1 saturated heterocycles. The summed E-state index contributed by atoms with van der Waals surface area (Å²) in [5.74, 6) is 0.